The van der Waals surface area contributed by atoms with Crippen LogP contribution >= 0.6 is 15.9 Å². The van der Waals surface area contributed by atoms with Gasteiger partial charge in [-0.2, -0.15) is 0 Å². The predicted molar refractivity (Wildman–Crippen MR) is 56.6 cm³/mol. The van der Waals surface area contributed by atoms with Crippen LogP contribution in [0.2, 0.25) is 0 Å². The van der Waals surface area contributed by atoms with Gasteiger partial charge in [-0.1, -0.05) is 27.8 Å². The third-order valence-electron chi connectivity index (χ3n) is 1.45. The summed E-state index contributed by atoms with van der Waals surface area (Å²) in [5.41, 5.74) is 0.643. The average molecular weight is 240 g/mol. The van der Waals surface area contributed by atoms with Crippen molar-refractivity contribution in [1.29, 1.82) is 0 Å². The number of rotatable bonds is 1. The Kier molecular flexibility index (Phi) is 3.81. The van der Waals surface area contributed by atoms with Gasteiger partial charge in [0.2, 0.25) is 0 Å². The number of nitrogens with one attached hydrogen (secondary N) is 1. The van der Waals surface area contributed by atoms with Crippen LogP contribution in [-0.4, -0.2) is 18.7 Å². The number of phenolic OH excluding ortho intramolecular Hbond substituents is 1. The van der Waals surface area contributed by atoms with E-state index in [9.17, 15) is 5.11 Å². The summed E-state index contributed by atoms with van der Waals surface area (Å²) in [5.74, 6) is 5.95. The van der Waals surface area contributed by atoms with Crippen LogP contribution in [0.3, 0.4) is 0 Å². The Morgan fingerprint density at radius 3 is 3.00 bits per heavy atom. The van der Waals surface area contributed by atoms with E-state index in [-0.39, 0.29) is 5.75 Å². The second-order valence-corrected chi connectivity index (χ2v) is 3.41. The standard InChI is InChI=1S/C10H10BrNO/c1-12-6-2-3-8-7-9(11)4-5-10(8)13/h4-5,7,12-13H,6H2,1H3. The Morgan fingerprint density at radius 2 is 2.31 bits per heavy atom. The van der Waals surface area contributed by atoms with Crippen molar-refractivity contribution in [3.05, 3.63) is 28.2 Å². The van der Waals surface area contributed by atoms with Crippen LogP contribution in [0.5, 0.6) is 5.75 Å². The lowest BCUT2D eigenvalue weighted by molar-refractivity contribution is 0.473. The maximum Gasteiger partial charge on any atom is 0.131 e. The molecule has 0 aliphatic rings. The molecule has 68 valence electrons. The fourth-order valence-corrected chi connectivity index (χ4v) is 1.20. The quantitative estimate of drug-likeness (QED) is 0.732. The van der Waals surface area contributed by atoms with Gasteiger partial charge in [0.05, 0.1) is 12.1 Å². The molecular weight excluding hydrogens is 230 g/mol. The van der Waals surface area contributed by atoms with Gasteiger partial charge in [0.1, 0.15) is 5.75 Å². The predicted octanol–water partition coefficient (Wildman–Crippen LogP) is 1.73. The van der Waals surface area contributed by atoms with E-state index in [1.54, 1.807) is 18.2 Å². The van der Waals surface area contributed by atoms with Crippen molar-refractivity contribution < 1.29 is 5.11 Å². The van der Waals surface area contributed by atoms with E-state index in [4.69, 9.17) is 0 Å². The molecule has 13 heavy (non-hydrogen) atoms. The second kappa shape index (κ2) is 4.90. The third kappa shape index (κ3) is 3.10. The first-order valence-electron chi connectivity index (χ1n) is 3.86. The molecule has 0 saturated carbocycles. The molecule has 0 unspecified atom stereocenters. The van der Waals surface area contributed by atoms with Crippen LogP contribution < -0.4 is 5.32 Å². The van der Waals surface area contributed by atoms with E-state index in [0.29, 0.717) is 12.1 Å². The summed E-state index contributed by atoms with van der Waals surface area (Å²) in [5, 5.41) is 12.3. The zero-order valence-electron chi connectivity index (χ0n) is 7.26. The first kappa shape index (κ1) is 10.1. The molecule has 0 fully saturated rings. The van der Waals surface area contributed by atoms with Crippen molar-refractivity contribution in [3.63, 3.8) is 0 Å². The molecule has 0 spiro atoms. The zero-order valence-corrected chi connectivity index (χ0v) is 8.85. The van der Waals surface area contributed by atoms with Crippen LogP contribution in [0.1, 0.15) is 5.56 Å². The monoisotopic (exact) mass is 239 g/mol. The van der Waals surface area contributed by atoms with Gasteiger partial charge in [0, 0.05) is 4.47 Å². The van der Waals surface area contributed by atoms with Crippen molar-refractivity contribution in [3.8, 4) is 17.6 Å². The summed E-state index contributed by atoms with van der Waals surface area (Å²) in [7, 11) is 1.83. The minimum absolute atomic E-state index is 0.215. The molecule has 2 N–H and O–H groups in total. The Hall–Kier alpha value is -0.980. The largest absolute Gasteiger partial charge is 0.507 e. The van der Waals surface area contributed by atoms with Gasteiger partial charge in [-0.3, -0.25) is 0 Å². The van der Waals surface area contributed by atoms with Crippen LogP contribution in [0.4, 0.5) is 0 Å². The van der Waals surface area contributed by atoms with Crippen LogP contribution in [0.15, 0.2) is 22.7 Å². The minimum atomic E-state index is 0.215. The lowest BCUT2D eigenvalue weighted by Gasteiger charge is -1.96. The van der Waals surface area contributed by atoms with Crippen molar-refractivity contribution in [1.82, 2.24) is 5.32 Å². The molecule has 2 nitrogen and oxygen atoms in total. The smallest absolute Gasteiger partial charge is 0.131 e. The number of hydrogen-bond donors (Lipinski definition) is 2. The first-order valence-corrected chi connectivity index (χ1v) is 4.65. The molecule has 1 rings (SSSR count). The lowest BCUT2D eigenvalue weighted by atomic mass is 10.2. The molecule has 0 aromatic heterocycles. The van der Waals surface area contributed by atoms with E-state index in [0.717, 1.165) is 4.47 Å². The Morgan fingerprint density at radius 1 is 1.54 bits per heavy atom. The molecule has 0 aliphatic carbocycles. The normalized spacial score (nSPS) is 9.08. The highest BCUT2D eigenvalue weighted by Crippen LogP contribution is 2.20. The maximum atomic E-state index is 9.39. The highest BCUT2D eigenvalue weighted by Gasteiger charge is 1.96. The van der Waals surface area contributed by atoms with Gasteiger partial charge < -0.3 is 10.4 Å². The Bertz CT molecular complexity index is 352. The van der Waals surface area contributed by atoms with Crippen molar-refractivity contribution in [2.24, 2.45) is 0 Å². The summed E-state index contributed by atoms with van der Waals surface area (Å²) in [6.45, 7) is 0.617. The Balaban J connectivity index is 2.89. The number of hydrogen-bond acceptors (Lipinski definition) is 2. The number of benzene rings is 1. The van der Waals surface area contributed by atoms with Gasteiger partial charge in [-0.25, -0.2) is 0 Å². The second-order valence-electron chi connectivity index (χ2n) is 2.49. The molecule has 3 heteroatoms. The van der Waals surface area contributed by atoms with Crippen molar-refractivity contribution in [2.75, 3.05) is 13.6 Å². The molecule has 0 bridgehead atoms. The molecule has 1 aromatic rings. The molecule has 0 radical (unpaired) electrons. The average Bonchev–Trinajstić information content (AvgIpc) is 2.11. The van der Waals surface area contributed by atoms with E-state index in [2.05, 4.69) is 33.1 Å². The molecule has 0 heterocycles. The zero-order chi connectivity index (χ0) is 9.68. The van der Waals surface area contributed by atoms with Crippen molar-refractivity contribution in [2.45, 2.75) is 0 Å². The maximum absolute atomic E-state index is 9.39. The number of halogens is 1. The first-order chi connectivity index (χ1) is 6.24. The van der Waals surface area contributed by atoms with E-state index in [1.165, 1.54) is 0 Å². The van der Waals surface area contributed by atoms with Gasteiger partial charge in [-0.05, 0) is 25.2 Å². The topological polar surface area (TPSA) is 32.3 Å². The summed E-state index contributed by atoms with van der Waals surface area (Å²) < 4.78 is 0.916. The van der Waals surface area contributed by atoms with E-state index < -0.39 is 0 Å². The highest BCUT2D eigenvalue weighted by molar-refractivity contribution is 9.10. The molecule has 1 aromatic carbocycles. The summed E-state index contributed by atoms with van der Waals surface area (Å²) in [6.07, 6.45) is 0. The van der Waals surface area contributed by atoms with Gasteiger partial charge in [-0.15, -0.1) is 0 Å². The van der Waals surface area contributed by atoms with Crippen LogP contribution in [0, 0.1) is 11.8 Å². The highest BCUT2D eigenvalue weighted by atomic mass is 79.9. The fourth-order valence-electron chi connectivity index (χ4n) is 0.836. The summed E-state index contributed by atoms with van der Waals surface area (Å²) >= 11 is 3.31. The summed E-state index contributed by atoms with van der Waals surface area (Å²) in [6, 6.07) is 5.18. The number of phenols is 1. The third-order valence-corrected chi connectivity index (χ3v) is 1.94. The van der Waals surface area contributed by atoms with Gasteiger partial charge >= 0.3 is 0 Å². The number of aromatic hydroxyl groups is 1. The summed E-state index contributed by atoms with van der Waals surface area (Å²) in [4.78, 5) is 0. The van der Waals surface area contributed by atoms with Gasteiger partial charge in [0.25, 0.3) is 0 Å². The van der Waals surface area contributed by atoms with Crippen LogP contribution in [0.25, 0.3) is 0 Å². The van der Waals surface area contributed by atoms with Crippen LogP contribution in [-0.2, 0) is 0 Å². The fraction of sp³-hybridized carbons (Fsp3) is 0.200. The molecule has 0 aliphatic heterocycles. The minimum Gasteiger partial charge on any atom is -0.507 e. The SMILES string of the molecule is CNCC#Cc1cc(Br)ccc1O. The van der Waals surface area contributed by atoms with Crippen molar-refractivity contribution >= 4 is 15.9 Å². The lowest BCUT2D eigenvalue weighted by Crippen LogP contribution is -2.04. The van der Waals surface area contributed by atoms with Gasteiger partial charge in [0.15, 0.2) is 0 Å². The Labute approximate surface area is 86.1 Å². The van der Waals surface area contributed by atoms with E-state index >= 15 is 0 Å². The molecule has 0 atom stereocenters. The molecular formula is C10H10BrNO. The van der Waals surface area contributed by atoms with E-state index in [1.807, 2.05) is 7.05 Å². The molecule has 0 saturated heterocycles. The molecule has 0 amide bonds.